The van der Waals surface area contributed by atoms with Gasteiger partial charge in [-0.3, -0.25) is 0 Å². The summed E-state index contributed by atoms with van der Waals surface area (Å²) < 4.78 is 11.8. The fourth-order valence-corrected chi connectivity index (χ4v) is 4.74. The fourth-order valence-electron chi connectivity index (χ4n) is 4.74. The van der Waals surface area contributed by atoms with Gasteiger partial charge in [-0.15, -0.1) is 0 Å². The SMILES string of the molecule is CCCC1(C2CCOC3(CCOC3)C2)CCCCCN1. The largest absolute Gasteiger partial charge is 0.378 e. The van der Waals surface area contributed by atoms with Crippen LogP contribution in [0.2, 0.25) is 0 Å². The van der Waals surface area contributed by atoms with Gasteiger partial charge >= 0.3 is 0 Å². The van der Waals surface area contributed by atoms with Crippen molar-refractivity contribution < 1.29 is 9.47 Å². The van der Waals surface area contributed by atoms with Gasteiger partial charge in [0, 0.05) is 25.2 Å². The van der Waals surface area contributed by atoms with Crippen LogP contribution in [0.1, 0.15) is 64.7 Å². The average molecular weight is 281 g/mol. The first kappa shape index (κ1) is 14.8. The molecule has 0 aliphatic carbocycles. The molecule has 0 radical (unpaired) electrons. The Labute approximate surface area is 123 Å². The first-order valence-electron chi connectivity index (χ1n) is 8.75. The second kappa shape index (κ2) is 6.33. The maximum Gasteiger partial charge on any atom is 0.0940 e. The minimum absolute atomic E-state index is 0.0532. The van der Waals surface area contributed by atoms with Gasteiger partial charge < -0.3 is 14.8 Å². The number of hydrogen-bond acceptors (Lipinski definition) is 3. The Morgan fingerprint density at radius 1 is 1.15 bits per heavy atom. The van der Waals surface area contributed by atoms with Gasteiger partial charge in [0.1, 0.15) is 0 Å². The van der Waals surface area contributed by atoms with Crippen LogP contribution >= 0.6 is 0 Å². The summed E-state index contributed by atoms with van der Waals surface area (Å²) in [5, 5.41) is 3.98. The van der Waals surface area contributed by atoms with Crippen molar-refractivity contribution in [2.75, 3.05) is 26.4 Å². The van der Waals surface area contributed by atoms with E-state index < -0.39 is 0 Å². The maximum atomic E-state index is 6.15. The van der Waals surface area contributed by atoms with Crippen LogP contribution in [0.15, 0.2) is 0 Å². The van der Waals surface area contributed by atoms with E-state index in [0.29, 0.717) is 5.54 Å². The monoisotopic (exact) mass is 281 g/mol. The Kier molecular flexibility index (Phi) is 4.68. The van der Waals surface area contributed by atoms with Crippen molar-refractivity contribution in [3.8, 4) is 0 Å². The summed E-state index contributed by atoms with van der Waals surface area (Å²) in [6, 6.07) is 0. The van der Waals surface area contributed by atoms with Crippen LogP contribution in [-0.4, -0.2) is 37.5 Å². The summed E-state index contributed by atoms with van der Waals surface area (Å²) in [5.41, 5.74) is 0.433. The summed E-state index contributed by atoms with van der Waals surface area (Å²) in [6.45, 7) is 6.19. The van der Waals surface area contributed by atoms with Crippen LogP contribution in [-0.2, 0) is 9.47 Å². The van der Waals surface area contributed by atoms with E-state index in [2.05, 4.69) is 12.2 Å². The zero-order chi connectivity index (χ0) is 13.9. The van der Waals surface area contributed by atoms with E-state index in [1.165, 1.54) is 57.9 Å². The van der Waals surface area contributed by atoms with E-state index in [4.69, 9.17) is 9.47 Å². The zero-order valence-corrected chi connectivity index (χ0v) is 13.1. The summed E-state index contributed by atoms with van der Waals surface area (Å²) >= 11 is 0. The molecule has 3 atom stereocenters. The number of nitrogens with one attached hydrogen (secondary N) is 1. The van der Waals surface area contributed by atoms with Gasteiger partial charge in [0.2, 0.25) is 0 Å². The zero-order valence-electron chi connectivity index (χ0n) is 13.1. The third-order valence-electron chi connectivity index (χ3n) is 5.81. The Balaban J connectivity index is 1.75. The number of ether oxygens (including phenoxy) is 2. The van der Waals surface area contributed by atoms with E-state index in [-0.39, 0.29) is 5.60 Å². The molecule has 20 heavy (non-hydrogen) atoms. The third kappa shape index (κ3) is 2.90. The van der Waals surface area contributed by atoms with Crippen LogP contribution in [0.4, 0.5) is 0 Å². The van der Waals surface area contributed by atoms with Crippen molar-refractivity contribution in [1.82, 2.24) is 5.32 Å². The van der Waals surface area contributed by atoms with Crippen molar-refractivity contribution in [2.45, 2.75) is 75.9 Å². The van der Waals surface area contributed by atoms with E-state index in [9.17, 15) is 0 Å². The molecule has 0 aromatic rings. The molecule has 1 spiro atoms. The van der Waals surface area contributed by atoms with Gasteiger partial charge in [0.25, 0.3) is 0 Å². The van der Waals surface area contributed by atoms with Gasteiger partial charge in [0.05, 0.1) is 12.2 Å². The lowest BCUT2D eigenvalue weighted by atomic mass is 9.69. The second-order valence-corrected chi connectivity index (χ2v) is 7.17. The van der Waals surface area contributed by atoms with Crippen LogP contribution in [0.25, 0.3) is 0 Å². The molecular formula is C17H31NO2. The molecule has 0 bridgehead atoms. The molecule has 3 saturated heterocycles. The molecule has 0 amide bonds. The van der Waals surface area contributed by atoms with Gasteiger partial charge in [-0.25, -0.2) is 0 Å². The van der Waals surface area contributed by atoms with Crippen LogP contribution in [0.3, 0.4) is 0 Å². The van der Waals surface area contributed by atoms with Crippen LogP contribution in [0, 0.1) is 5.92 Å². The highest BCUT2D eigenvalue weighted by Gasteiger charge is 2.47. The molecular weight excluding hydrogens is 250 g/mol. The van der Waals surface area contributed by atoms with E-state index in [1.54, 1.807) is 0 Å². The summed E-state index contributed by atoms with van der Waals surface area (Å²) in [6.07, 6.45) is 11.7. The Morgan fingerprint density at radius 2 is 2.10 bits per heavy atom. The Hall–Kier alpha value is -0.120. The fraction of sp³-hybridized carbons (Fsp3) is 1.00. The molecule has 0 saturated carbocycles. The standard InChI is InChI=1S/C17H31NO2/c1-2-7-17(8-4-3-5-10-18-17)15-6-11-20-16(13-15)9-12-19-14-16/h15,18H,2-14H2,1H3. The Morgan fingerprint density at radius 3 is 2.90 bits per heavy atom. The van der Waals surface area contributed by atoms with E-state index in [0.717, 1.165) is 32.2 Å². The lowest BCUT2D eigenvalue weighted by Gasteiger charge is -2.48. The molecule has 3 fully saturated rings. The first-order chi connectivity index (χ1) is 9.79. The van der Waals surface area contributed by atoms with Crippen molar-refractivity contribution in [1.29, 1.82) is 0 Å². The quantitative estimate of drug-likeness (QED) is 0.861. The number of hydrogen-bond donors (Lipinski definition) is 1. The maximum absolute atomic E-state index is 6.15. The van der Waals surface area contributed by atoms with Crippen LogP contribution in [0.5, 0.6) is 0 Å². The summed E-state index contributed by atoms with van der Waals surface area (Å²) in [5.74, 6) is 0.774. The molecule has 3 aliphatic heterocycles. The van der Waals surface area contributed by atoms with Crippen molar-refractivity contribution in [3.05, 3.63) is 0 Å². The second-order valence-electron chi connectivity index (χ2n) is 7.17. The van der Waals surface area contributed by atoms with Crippen LogP contribution < -0.4 is 5.32 Å². The molecule has 116 valence electrons. The molecule has 3 aliphatic rings. The molecule has 3 nitrogen and oxygen atoms in total. The predicted octanol–water partition coefficient (Wildman–Crippen LogP) is 3.27. The summed E-state index contributed by atoms with van der Waals surface area (Å²) in [7, 11) is 0. The lowest BCUT2D eigenvalue weighted by molar-refractivity contribution is -0.114. The molecule has 1 N–H and O–H groups in total. The van der Waals surface area contributed by atoms with Gasteiger partial charge in [-0.2, -0.15) is 0 Å². The van der Waals surface area contributed by atoms with Gasteiger partial charge in [0.15, 0.2) is 0 Å². The van der Waals surface area contributed by atoms with Crippen molar-refractivity contribution >= 4 is 0 Å². The van der Waals surface area contributed by atoms with Gasteiger partial charge in [-0.1, -0.05) is 26.2 Å². The molecule has 3 heteroatoms. The Bertz CT molecular complexity index is 304. The normalized spacial score (nSPS) is 42.8. The minimum atomic E-state index is 0.0532. The van der Waals surface area contributed by atoms with Gasteiger partial charge in [-0.05, 0) is 44.6 Å². The highest BCUT2D eigenvalue weighted by Crippen LogP contribution is 2.44. The molecule has 3 rings (SSSR count). The number of rotatable bonds is 3. The lowest BCUT2D eigenvalue weighted by Crippen LogP contribution is -2.56. The average Bonchev–Trinajstić information content (AvgIpc) is 2.76. The molecule has 0 aromatic heterocycles. The van der Waals surface area contributed by atoms with Crippen molar-refractivity contribution in [3.63, 3.8) is 0 Å². The minimum Gasteiger partial charge on any atom is -0.378 e. The third-order valence-corrected chi connectivity index (χ3v) is 5.81. The smallest absolute Gasteiger partial charge is 0.0940 e. The first-order valence-corrected chi connectivity index (χ1v) is 8.75. The highest BCUT2D eigenvalue weighted by molar-refractivity contribution is 5.01. The highest BCUT2D eigenvalue weighted by atomic mass is 16.6. The molecule has 0 aromatic carbocycles. The molecule has 3 unspecified atom stereocenters. The molecule has 3 heterocycles. The topological polar surface area (TPSA) is 30.5 Å². The van der Waals surface area contributed by atoms with E-state index in [1.807, 2.05) is 0 Å². The van der Waals surface area contributed by atoms with E-state index >= 15 is 0 Å². The van der Waals surface area contributed by atoms with Crippen molar-refractivity contribution in [2.24, 2.45) is 5.92 Å². The summed E-state index contributed by atoms with van der Waals surface area (Å²) in [4.78, 5) is 0. The predicted molar refractivity (Wildman–Crippen MR) is 81.0 cm³/mol.